The number of rotatable bonds is 1. The second-order valence-electron chi connectivity index (χ2n) is 2.71. The molecule has 68 valence electrons. The minimum atomic E-state index is -0.373. The van der Waals surface area contributed by atoms with Crippen molar-refractivity contribution in [2.75, 3.05) is 0 Å². The molecule has 0 N–H and O–H groups in total. The first kappa shape index (κ1) is 8.45. The Morgan fingerprint density at radius 3 is 2.86 bits per heavy atom. The number of nitrogens with zero attached hydrogens (tertiary/aromatic N) is 3. The summed E-state index contributed by atoms with van der Waals surface area (Å²) >= 11 is 0. The Hall–Kier alpha value is -2.15. The molecule has 1 aromatic carbocycles. The van der Waals surface area contributed by atoms with Crippen LogP contribution in [0.2, 0.25) is 0 Å². The first-order chi connectivity index (χ1) is 6.83. The molecule has 0 saturated heterocycles. The van der Waals surface area contributed by atoms with Crippen LogP contribution >= 0.6 is 0 Å². The summed E-state index contributed by atoms with van der Waals surface area (Å²) in [6.45, 7) is 0. The quantitative estimate of drug-likeness (QED) is 0.684. The number of imidazole rings is 1. The van der Waals surface area contributed by atoms with Crippen LogP contribution in [0.25, 0.3) is 5.69 Å². The SMILES string of the molecule is N#Cc1cncn1-c1ccccc1F. The van der Waals surface area contributed by atoms with Gasteiger partial charge in [-0.1, -0.05) is 12.1 Å². The Morgan fingerprint density at radius 1 is 1.36 bits per heavy atom. The minimum Gasteiger partial charge on any atom is -0.287 e. The van der Waals surface area contributed by atoms with Gasteiger partial charge in [0.1, 0.15) is 23.9 Å². The Kier molecular flexibility index (Phi) is 1.99. The third-order valence-corrected chi connectivity index (χ3v) is 1.87. The van der Waals surface area contributed by atoms with Crippen LogP contribution in [0.5, 0.6) is 0 Å². The van der Waals surface area contributed by atoms with Crippen molar-refractivity contribution in [2.24, 2.45) is 0 Å². The Bertz CT molecular complexity index is 496. The van der Waals surface area contributed by atoms with Gasteiger partial charge in [0.15, 0.2) is 0 Å². The van der Waals surface area contributed by atoms with Gasteiger partial charge >= 0.3 is 0 Å². The van der Waals surface area contributed by atoms with Crippen LogP contribution in [0, 0.1) is 17.1 Å². The topological polar surface area (TPSA) is 41.6 Å². The van der Waals surface area contributed by atoms with Crippen molar-refractivity contribution in [1.29, 1.82) is 5.26 Å². The van der Waals surface area contributed by atoms with Crippen molar-refractivity contribution in [3.05, 3.63) is 48.3 Å². The molecule has 2 rings (SSSR count). The highest BCUT2D eigenvalue weighted by atomic mass is 19.1. The summed E-state index contributed by atoms with van der Waals surface area (Å²) in [6, 6.07) is 8.18. The Balaban J connectivity index is 2.62. The van der Waals surface area contributed by atoms with E-state index >= 15 is 0 Å². The molecule has 0 bridgehead atoms. The second kappa shape index (κ2) is 3.30. The van der Waals surface area contributed by atoms with E-state index in [1.807, 2.05) is 6.07 Å². The molecule has 4 heteroatoms. The molecule has 0 atom stereocenters. The summed E-state index contributed by atoms with van der Waals surface area (Å²) in [7, 11) is 0. The van der Waals surface area contributed by atoms with Crippen LogP contribution in [-0.4, -0.2) is 9.55 Å². The average Bonchev–Trinajstić information content (AvgIpc) is 2.66. The fraction of sp³-hybridized carbons (Fsp3) is 0. The van der Waals surface area contributed by atoms with E-state index in [9.17, 15) is 4.39 Å². The predicted molar refractivity (Wildman–Crippen MR) is 48.2 cm³/mol. The van der Waals surface area contributed by atoms with Crippen LogP contribution < -0.4 is 0 Å². The van der Waals surface area contributed by atoms with Crippen LogP contribution in [-0.2, 0) is 0 Å². The number of hydrogen-bond donors (Lipinski definition) is 0. The van der Waals surface area contributed by atoms with Gasteiger partial charge in [-0.2, -0.15) is 5.26 Å². The molecule has 14 heavy (non-hydrogen) atoms. The van der Waals surface area contributed by atoms with E-state index in [0.29, 0.717) is 11.4 Å². The zero-order valence-electron chi connectivity index (χ0n) is 7.18. The van der Waals surface area contributed by atoms with Crippen molar-refractivity contribution in [1.82, 2.24) is 9.55 Å². The lowest BCUT2D eigenvalue weighted by atomic mass is 10.3. The molecule has 1 heterocycles. The molecule has 0 fully saturated rings. The smallest absolute Gasteiger partial charge is 0.147 e. The molecule has 0 radical (unpaired) electrons. The fourth-order valence-corrected chi connectivity index (χ4v) is 1.22. The van der Waals surface area contributed by atoms with Crippen LogP contribution in [0.15, 0.2) is 36.8 Å². The van der Waals surface area contributed by atoms with Gasteiger partial charge in [-0.05, 0) is 12.1 Å². The third kappa shape index (κ3) is 1.25. The summed E-state index contributed by atoms with van der Waals surface area (Å²) in [6.07, 6.45) is 2.81. The van der Waals surface area contributed by atoms with Gasteiger partial charge in [0.05, 0.1) is 11.9 Å². The maximum absolute atomic E-state index is 13.3. The van der Waals surface area contributed by atoms with Gasteiger partial charge in [-0.15, -0.1) is 0 Å². The summed E-state index contributed by atoms with van der Waals surface area (Å²) in [5, 5.41) is 8.73. The van der Waals surface area contributed by atoms with Crippen LogP contribution in [0.1, 0.15) is 5.69 Å². The van der Waals surface area contributed by atoms with E-state index in [1.54, 1.807) is 18.2 Å². The molecule has 1 aromatic heterocycles. The molecule has 0 aliphatic heterocycles. The fourth-order valence-electron chi connectivity index (χ4n) is 1.22. The number of benzene rings is 1. The lowest BCUT2D eigenvalue weighted by Gasteiger charge is -2.03. The predicted octanol–water partition coefficient (Wildman–Crippen LogP) is 1.88. The van der Waals surface area contributed by atoms with Gasteiger partial charge in [0.25, 0.3) is 0 Å². The van der Waals surface area contributed by atoms with Crippen molar-refractivity contribution in [2.45, 2.75) is 0 Å². The monoisotopic (exact) mass is 187 g/mol. The lowest BCUT2D eigenvalue weighted by molar-refractivity contribution is 0.617. The highest BCUT2D eigenvalue weighted by Gasteiger charge is 2.06. The minimum absolute atomic E-state index is 0.315. The molecule has 0 amide bonds. The van der Waals surface area contributed by atoms with Crippen molar-refractivity contribution in [3.8, 4) is 11.8 Å². The van der Waals surface area contributed by atoms with Crippen molar-refractivity contribution >= 4 is 0 Å². The van der Waals surface area contributed by atoms with E-state index in [1.165, 1.54) is 23.2 Å². The molecule has 2 aromatic rings. The number of para-hydroxylation sites is 1. The standard InChI is InChI=1S/C10H6FN3/c11-9-3-1-2-4-10(9)14-7-13-6-8(14)5-12/h1-4,6-7H. The lowest BCUT2D eigenvalue weighted by Crippen LogP contribution is -1.97. The van der Waals surface area contributed by atoms with E-state index in [2.05, 4.69) is 4.98 Å². The molecular weight excluding hydrogens is 181 g/mol. The van der Waals surface area contributed by atoms with Crippen LogP contribution in [0.3, 0.4) is 0 Å². The van der Waals surface area contributed by atoms with Crippen molar-refractivity contribution in [3.63, 3.8) is 0 Å². The molecule has 0 saturated carbocycles. The van der Waals surface area contributed by atoms with Crippen LogP contribution in [0.4, 0.5) is 4.39 Å². The van der Waals surface area contributed by atoms with Gasteiger partial charge in [-0.3, -0.25) is 4.57 Å². The zero-order valence-corrected chi connectivity index (χ0v) is 7.18. The second-order valence-corrected chi connectivity index (χ2v) is 2.71. The third-order valence-electron chi connectivity index (χ3n) is 1.87. The highest BCUT2D eigenvalue weighted by Crippen LogP contribution is 2.14. The van der Waals surface area contributed by atoms with Gasteiger partial charge in [0, 0.05) is 0 Å². The Labute approximate surface area is 80.1 Å². The van der Waals surface area contributed by atoms with E-state index in [-0.39, 0.29) is 5.82 Å². The van der Waals surface area contributed by atoms with Gasteiger partial charge in [-0.25, -0.2) is 9.37 Å². The zero-order chi connectivity index (χ0) is 9.97. The molecule has 0 spiro atoms. The maximum Gasteiger partial charge on any atom is 0.147 e. The number of aromatic nitrogens is 2. The van der Waals surface area contributed by atoms with E-state index < -0.39 is 0 Å². The highest BCUT2D eigenvalue weighted by molar-refractivity contribution is 5.38. The Morgan fingerprint density at radius 2 is 2.14 bits per heavy atom. The summed E-state index contributed by atoms with van der Waals surface area (Å²) in [5.74, 6) is -0.373. The molecule has 0 aliphatic rings. The summed E-state index contributed by atoms with van der Waals surface area (Å²) < 4.78 is 14.7. The van der Waals surface area contributed by atoms with Gasteiger partial charge < -0.3 is 0 Å². The summed E-state index contributed by atoms with van der Waals surface area (Å²) in [5.41, 5.74) is 0.650. The number of nitriles is 1. The van der Waals surface area contributed by atoms with E-state index in [0.717, 1.165) is 0 Å². The van der Waals surface area contributed by atoms with E-state index in [4.69, 9.17) is 5.26 Å². The maximum atomic E-state index is 13.3. The first-order valence-corrected chi connectivity index (χ1v) is 4.00. The molecule has 0 unspecified atom stereocenters. The largest absolute Gasteiger partial charge is 0.287 e. The normalized spacial score (nSPS) is 9.71. The van der Waals surface area contributed by atoms with Gasteiger partial charge in [0.2, 0.25) is 0 Å². The molecule has 0 aliphatic carbocycles. The molecular formula is C10H6FN3. The number of halogens is 1. The summed E-state index contributed by atoms with van der Waals surface area (Å²) in [4.78, 5) is 3.78. The average molecular weight is 187 g/mol. The molecule has 3 nitrogen and oxygen atoms in total. The van der Waals surface area contributed by atoms with Crippen molar-refractivity contribution < 1.29 is 4.39 Å². The number of hydrogen-bond acceptors (Lipinski definition) is 2. The first-order valence-electron chi connectivity index (χ1n) is 4.00.